The molecule has 1 aliphatic rings. The number of benzene rings is 1. The molecule has 0 spiro atoms. The van der Waals surface area contributed by atoms with Crippen molar-refractivity contribution in [2.45, 2.75) is 27.2 Å². The van der Waals surface area contributed by atoms with Gasteiger partial charge in [0.15, 0.2) is 0 Å². The molecule has 110 valence electrons. The summed E-state index contributed by atoms with van der Waals surface area (Å²) in [7, 11) is 2.04. The van der Waals surface area contributed by atoms with Crippen LogP contribution in [0.1, 0.15) is 24.5 Å². The lowest BCUT2D eigenvalue weighted by molar-refractivity contribution is 0.0662. The molecule has 0 unspecified atom stereocenters. The minimum atomic E-state index is 0.806. The molecule has 0 aliphatic carbocycles. The van der Waals surface area contributed by atoms with Crippen LogP contribution in [0.25, 0.3) is 0 Å². The molecule has 1 heterocycles. The Bertz CT molecular complexity index is 507. The molecule has 2 rings (SSSR count). The smallest absolute Gasteiger partial charge is 0.115 e. The summed E-state index contributed by atoms with van der Waals surface area (Å²) in [6.45, 7) is 9.22. The molecule has 0 saturated heterocycles. The van der Waals surface area contributed by atoms with E-state index < -0.39 is 0 Å². The van der Waals surface area contributed by atoms with Crippen molar-refractivity contribution in [1.29, 1.82) is 0 Å². The first-order chi connectivity index (χ1) is 9.52. The molecule has 0 radical (unpaired) electrons. The molecule has 0 amide bonds. The number of hydrogen-bond acceptors (Lipinski definition) is 4. The van der Waals surface area contributed by atoms with Gasteiger partial charge in [-0.1, -0.05) is 24.6 Å². The SMILES string of the molecule is CCCN1CC(CNc2ccc(C)cc2C)=C(N)N1C. The second-order valence-corrected chi connectivity index (χ2v) is 5.57. The third-order valence-electron chi connectivity index (χ3n) is 3.86. The van der Waals surface area contributed by atoms with Crippen molar-refractivity contribution < 1.29 is 0 Å². The molecule has 3 N–H and O–H groups in total. The molecule has 0 saturated carbocycles. The maximum Gasteiger partial charge on any atom is 0.115 e. The van der Waals surface area contributed by atoms with Gasteiger partial charge in [-0.2, -0.15) is 0 Å². The Morgan fingerprint density at radius 3 is 2.70 bits per heavy atom. The maximum absolute atomic E-state index is 6.19. The minimum absolute atomic E-state index is 0.806. The highest BCUT2D eigenvalue weighted by Crippen LogP contribution is 2.20. The van der Waals surface area contributed by atoms with Crippen LogP contribution in [0.4, 0.5) is 5.69 Å². The predicted octanol–water partition coefficient (Wildman–Crippen LogP) is 2.46. The first kappa shape index (κ1) is 14.7. The Balaban J connectivity index is 2.00. The summed E-state index contributed by atoms with van der Waals surface area (Å²) in [4.78, 5) is 0. The summed E-state index contributed by atoms with van der Waals surface area (Å²) in [5, 5.41) is 7.86. The van der Waals surface area contributed by atoms with Crippen molar-refractivity contribution in [2.75, 3.05) is 32.0 Å². The van der Waals surface area contributed by atoms with Gasteiger partial charge in [-0.15, -0.1) is 0 Å². The zero-order valence-corrected chi connectivity index (χ0v) is 13.0. The van der Waals surface area contributed by atoms with Gasteiger partial charge < -0.3 is 11.1 Å². The number of nitrogens with one attached hydrogen (secondary N) is 1. The van der Waals surface area contributed by atoms with Crippen molar-refractivity contribution in [1.82, 2.24) is 10.0 Å². The van der Waals surface area contributed by atoms with Crippen molar-refractivity contribution in [3.63, 3.8) is 0 Å². The maximum atomic E-state index is 6.19. The van der Waals surface area contributed by atoms with Gasteiger partial charge in [0, 0.05) is 37.9 Å². The van der Waals surface area contributed by atoms with Gasteiger partial charge in [-0.3, -0.25) is 5.01 Å². The first-order valence-electron chi connectivity index (χ1n) is 7.30. The number of aryl methyl sites for hydroxylation is 2. The third kappa shape index (κ3) is 3.07. The Hall–Kier alpha value is -1.68. The van der Waals surface area contributed by atoms with Crippen LogP contribution >= 0.6 is 0 Å². The Morgan fingerprint density at radius 1 is 1.30 bits per heavy atom. The van der Waals surface area contributed by atoms with E-state index in [0.29, 0.717) is 0 Å². The molecule has 4 nitrogen and oxygen atoms in total. The zero-order valence-electron chi connectivity index (χ0n) is 13.0. The van der Waals surface area contributed by atoms with E-state index >= 15 is 0 Å². The second-order valence-electron chi connectivity index (χ2n) is 5.57. The highest BCUT2D eigenvalue weighted by Gasteiger charge is 2.24. The average Bonchev–Trinajstić information content (AvgIpc) is 2.67. The monoisotopic (exact) mass is 274 g/mol. The molecule has 4 heteroatoms. The summed E-state index contributed by atoms with van der Waals surface area (Å²) >= 11 is 0. The summed E-state index contributed by atoms with van der Waals surface area (Å²) in [6, 6.07) is 6.48. The van der Waals surface area contributed by atoms with Crippen molar-refractivity contribution in [3.05, 3.63) is 40.7 Å². The fraction of sp³-hybridized carbons (Fsp3) is 0.500. The molecular weight excluding hydrogens is 248 g/mol. The largest absolute Gasteiger partial charge is 0.384 e. The number of rotatable bonds is 5. The molecule has 0 bridgehead atoms. The van der Waals surface area contributed by atoms with Crippen LogP contribution in [0, 0.1) is 13.8 Å². The van der Waals surface area contributed by atoms with Crippen LogP contribution in [0.2, 0.25) is 0 Å². The molecule has 1 aromatic rings. The molecule has 0 aromatic heterocycles. The zero-order chi connectivity index (χ0) is 14.7. The van der Waals surface area contributed by atoms with Crippen LogP contribution in [-0.2, 0) is 0 Å². The lowest BCUT2D eigenvalue weighted by atomic mass is 10.1. The first-order valence-corrected chi connectivity index (χ1v) is 7.30. The van der Waals surface area contributed by atoms with Crippen molar-refractivity contribution in [2.24, 2.45) is 5.73 Å². The van der Waals surface area contributed by atoms with Crippen LogP contribution in [-0.4, -0.2) is 36.7 Å². The quantitative estimate of drug-likeness (QED) is 0.866. The number of hydrazine groups is 1. The Morgan fingerprint density at radius 2 is 2.05 bits per heavy atom. The van der Waals surface area contributed by atoms with Gasteiger partial charge >= 0.3 is 0 Å². The fourth-order valence-electron chi connectivity index (χ4n) is 2.64. The summed E-state index contributed by atoms with van der Waals surface area (Å²) in [6.07, 6.45) is 1.13. The van der Waals surface area contributed by atoms with E-state index in [0.717, 1.165) is 31.9 Å². The van der Waals surface area contributed by atoms with E-state index in [1.807, 2.05) is 7.05 Å². The summed E-state index contributed by atoms with van der Waals surface area (Å²) < 4.78 is 0. The highest BCUT2D eigenvalue weighted by atomic mass is 15.6. The van der Waals surface area contributed by atoms with E-state index in [2.05, 4.69) is 54.3 Å². The van der Waals surface area contributed by atoms with E-state index in [1.54, 1.807) is 0 Å². The number of hydrogen-bond donors (Lipinski definition) is 2. The Labute approximate surface area is 122 Å². The highest BCUT2D eigenvalue weighted by molar-refractivity contribution is 5.52. The molecule has 1 aromatic carbocycles. The lowest BCUT2D eigenvalue weighted by Crippen LogP contribution is -2.36. The molecular formula is C16H26N4. The van der Waals surface area contributed by atoms with Gasteiger partial charge in [0.25, 0.3) is 0 Å². The summed E-state index contributed by atoms with van der Waals surface area (Å²) in [5.41, 5.74) is 11.2. The van der Waals surface area contributed by atoms with Gasteiger partial charge in [0.05, 0.1) is 0 Å². The topological polar surface area (TPSA) is 44.5 Å². The van der Waals surface area contributed by atoms with E-state index in [4.69, 9.17) is 5.73 Å². The summed E-state index contributed by atoms with van der Waals surface area (Å²) in [5.74, 6) is 0.885. The lowest BCUT2D eigenvalue weighted by Gasteiger charge is -2.26. The van der Waals surface area contributed by atoms with Crippen LogP contribution < -0.4 is 11.1 Å². The van der Waals surface area contributed by atoms with Gasteiger partial charge in [-0.25, -0.2) is 5.01 Å². The van der Waals surface area contributed by atoms with Crippen molar-refractivity contribution >= 4 is 5.69 Å². The molecule has 1 aliphatic heterocycles. The predicted molar refractivity (Wildman–Crippen MR) is 85.2 cm³/mol. The fourth-order valence-corrected chi connectivity index (χ4v) is 2.64. The average molecular weight is 274 g/mol. The van der Waals surface area contributed by atoms with Crippen molar-refractivity contribution in [3.8, 4) is 0 Å². The third-order valence-corrected chi connectivity index (χ3v) is 3.86. The van der Waals surface area contributed by atoms with E-state index in [-0.39, 0.29) is 0 Å². The van der Waals surface area contributed by atoms with Gasteiger partial charge in [0.2, 0.25) is 0 Å². The normalized spacial score (nSPS) is 16.1. The van der Waals surface area contributed by atoms with E-state index in [1.165, 1.54) is 22.4 Å². The van der Waals surface area contributed by atoms with Crippen LogP contribution in [0.5, 0.6) is 0 Å². The van der Waals surface area contributed by atoms with Crippen LogP contribution in [0.3, 0.4) is 0 Å². The molecule has 0 fully saturated rings. The van der Waals surface area contributed by atoms with Gasteiger partial charge in [0.1, 0.15) is 5.82 Å². The number of nitrogens with two attached hydrogens (primary N) is 1. The van der Waals surface area contributed by atoms with E-state index in [9.17, 15) is 0 Å². The standard InChI is InChI=1S/C16H26N4/c1-5-8-20-11-14(16(17)19(20)4)10-18-15-7-6-12(2)9-13(15)3/h6-7,9,18H,5,8,10-11,17H2,1-4H3. The van der Waals surface area contributed by atoms with Gasteiger partial charge in [-0.05, 0) is 31.9 Å². The Kier molecular flexibility index (Phi) is 4.55. The van der Waals surface area contributed by atoms with Crippen LogP contribution in [0.15, 0.2) is 29.6 Å². The number of anilines is 1. The molecule has 20 heavy (non-hydrogen) atoms. The number of nitrogens with zero attached hydrogens (tertiary/aromatic N) is 2. The second kappa shape index (κ2) is 6.18. The molecule has 0 atom stereocenters. The minimum Gasteiger partial charge on any atom is -0.384 e.